The minimum Gasteiger partial charge on any atom is -0.504 e. The lowest BCUT2D eigenvalue weighted by Gasteiger charge is -2.34. The number of rotatable bonds is 2. The summed E-state index contributed by atoms with van der Waals surface area (Å²) in [6.45, 7) is 2.28. The van der Waals surface area contributed by atoms with E-state index in [4.69, 9.17) is 16.3 Å². The molecule has 0 aromatic heterocycles. The number of benzene rings is 2. The van der Waals surface area contributed by atoms with Crippen molar-refractivity contribution in [1.29, 1.82) is 0 Å². The van der Waals surface area contributed by atoms with Gasteiger partial charge in [0.25, 0.3) is 0 Å². The Balaban J connectivity index is 1.64. The predicted octanol–water partition coefficient (Wildman–Crippen LogP) is 3.92. The molecule has 0 radical (unpaired) electrons. The number of carbonyl (C=O) groups is 1. The van der Waals surface area contributed by atoms with E-state index in [0.29, 0.717) is 30.5 Å². The van der Waals surface area contributed by atoms with E-state index in [1.54, 1.807) is 6.07 Å². The smallest absolute Gasteiger partial charge is 0.240 e. The van der Waals surface area contributed by atoms with Crippen molar-refractivity contribution < 1.29 is 14.6 Å². The molecular weight excluding hydrogens is 376 g/mol. The standard InChI is InChI=1S/C22H25ClN2O3/c1-24-8-3-2-7-19(24)22(27)25-9-10-28-21-17(14-25)11-16(13-20(21)26)15-5-4-6-18(23)12-15/h4-6,11-13,19,26H,2-3,7-10,14H2,1H3. The third-order valence-corrected chi connectivity index (χ3v) is 5.88. The molecule has 1 N–H and O–H groups in total. The van der Waals surface area contributed by atoms with Crippen LogP contribution >= 0.6 is 11.6 Å². The summed E-state index contributed by atoms with van der Waals surface area (Å²) in [5.74, 6) is 0.709. The number of fused-ring (bicyclic) bond motifs is 1. The lowest BCUT2D eigenvalue weighted by atomic mass is 10.00. The average Bonchev–Trinajstić information content (AvgIpc) is 2.91. The molecule has 1 saturated heterocycles. The summed E-state index contributed by atoms with van der Waals surface area (Å²) in [5.41, 5.74) is 2.59. The number of nitrogens with zero attached hydrogens (tertiary/aromatic N) is 2. The second-order valence-corrected chi connectivity index (χ2v) is 8.03. The van der Waals surface area contributed by atoms with Crippen LogP contribution in [0, 0.1) is 0 Å². The number of piperidine rings is 1. The molecule has 1 unspecified atom stereocenters. The normalized spacial score (nSPS) is 20.2. The Kier molecular flexibility index (Phi) is 5.47. The van der Waals surface area contributed by atoms with Crippen LogP contribution in [-0.4, -0.2) is 53.6 Å². The van der Waals surface area contributed by atoms with Crippen LogP contribution in [0.2, 0.25) is 5.02 Å². The lowest BCUT2D eigenvalue weighted by Crippen LogP contribution is -2.49. The van der Waals surface area contributed by atoms with Crippen LogP contribution in [0.25, 0.3) is 11.1 Å². The molecule has 2 aliphatic rings. The zero-order chi connectivity index (χ0) is 19.7. The van der Waals surface area contributed by atoms with Gasteiger partial charge in [-0.05, 0) is 61.8 Å². The Labute approximate surface area is 170 Å². The Morgan fingerprint density at radius 3 is 2.82 bits per heavy atom. The molecule has 28 heavy (non-hydrogen) atoms. The highest BCUT2D eigenvalue weighted by Crippen LogP contribution is 2.38. The topological polar surface area (TPSA) is 53.0 Å². The summed E-state index contributed by atoms with van der Waals surface area (Å²) < 4.78 is 5.80. The minimum atomic E-state index is -0.0694. The van der Waals surface area contributed by atoms with Gasteiger partial charge >= 0.3 is 0 Å². The molecule has 2 aromatic rings. The van der Waals surface area contributed by atoms with Crippen molar-refractivity contribution in [2.75, 3.05) is 26.7 Å². The summed E-state index contributed by atoms with van der Waals surface area (Å²) in [4.78, 5) is 17.2. The molecule has 4 rings (SSSR count). The number of likely N-dealkylation sites (N-methyl/N-ethyl adjacent to an activating group) is 1. The van der Waals surface area contributed by atoms with Crippen LogP contribution in [0.5, 0.6) is 11.5 Å². The Morgan fingerprint density at radius 2 is 2.04 bits per heavy atom. The first-order chi connectivity index (χ1) is 13.5. The monoisotopic (exact) mass is 400 g/mol. The molecule has 1 atom stereocenters. The van der Waals surface area contributed by atoms with Gasteiger partial charge < -0.3 is 14.7 Å². The predicted molar refractivity (Wildman–Crippen MR) is 110 cm³/mol. The molecular formula is C22H25ClN2O3. The van der Waals surface area contributed by atoms with Crippen molar-refractivity contribution in [3.8, 4) is 22.6 Å². The van der Waals surface area contributed by atoms with Gasteiger partial charge in [0.05, 0.1) is 12.6 Å². The van der Waals surface area contributed by atoms with Crippen molar-refractivity contribution in [2.45, 2.75) is 31.8 Å². The van der Waals surface area contributed by atoms with E-state index in [0.717, 1.165) is 42.5 Å². The molecule has 0 spiro atoms. The number of ether oxygens (including phenoxy) is 1. The summed E-state index contributed by atoms with van der Waals surface area (Å²) in [6.07, 6.45) is 3.12. The SMILES string of the molecule is CN1CCCCC1C(=O)N1CCOc2c(O)cc(-c3cccc(Cl)c3)cc2C1. The van der Waals surface area contributed by atoms with E-state index in [1.165, 1.54) is 0 Å². The second-order valence-electron chi connectivity index (χ2n) is 7.59. The number of carbonyl (C=O) groups excluding carboxylic acids is 1. The number of amides is 1. The van der Waals surface area contributed by atoms with Crippen LogP contribution in [0.1, 0.15) is 24.8 Å². The highest BCUT2D eigenvalue weighted by molar-refractivity contribution is 6.30. The van der Waals surface area contributed by atoms with Gasteiger partial charge in [-0.2, -0.15) is 0 Å². The molecule has 2 aliphatic heterocycles. The van der Waals surface area contributed by atoms with E-state index in [-0.39, 0.29) is 17.7 Å². The van der Waals surface area contributed by atoms with Gasteiger partial charge in [-0.3, -0.25) is 9.69 Å². The number of phenols is 1. The van der Waals surface area contributed by atoms with E-state index in [1.807, 2.05) is 42.3 Å². The number of hydrogen-bond acceptors (Lipinski definition) is 4. The van der Waals surface area contributed by atoms with Crippen molar-refractivity contribution in [2.24, 2.45) is 0 Å². The molecule has 148 valence electrons. The molecule has 5 nitrogen and oxygen atoms in total. The van der Waals surface area contributed by atoms with E-state index in [9.17, 15) is 9.90 Å². The van der Waals surface area contributed by atoms with Crippen molar-refractivity contribution in [3.63, 3.8) is 0 Å². The van der Waals surface area contributed by atoms with Gasteiger partial charge in [0.15, 0.2) is 11.5 Å². The van der Waals surface area contributed by atoms with Crippen molar-refractivity contribution >= 4 is 17.5 Å². The Bertz CT molecular complexity index is 886. The highest BCUT2D eigenvalue weighted by Gasteiger charge is 2.31. The molecule has 6 heteroatoms. The van der Waals surface area contributed by atoms with Crippen LogP contribution in [-0.2, 0) is 11.3 Å². The van der Waals surface area contributed by atoms with Gasteiger partial charge in [-0.25, -0.2) is 0 Å². The minimum absolute atomic E-state index is 0.0694. The highest BCUT2D eigenvalue weighted by atomic mass is 35.5. The van der Waals surface area contributed by atoms with E-state index >= 15 is 0 Å². The maximum atomic E-state index is 13.2. The fourth-order valence-corrected chi connectivity index (χ4v) is 4.31. The molecule has 0 saturated carbocycles. The van der Waals surface area contributed by atoms with Gasteiger partial charge in [0.1, 0.15) is 6.61 Å². The maximum absolute atomic E-state index is 13.2. The average molecular weight is 401 g/mol. The summed E-state index contributed by atoms with van der Waals surface area (Å²) in [5, 5.41) is 11.2. The number of halogens is 1. The van der Waals surface area contributed by atoms with E-state index < -0.39 is 0 Å². The number of hydrogen-bond donors (Lipinski definition) is 1. The van der Waals surface area contributed by atoms with Crippen molar-refractivity contribution in [1.82, 2.24) is 9.80 Å². The fraction of sp³-hybridized carbons (Fsp3) is 0.409. The zero-order valence-electron chi connectivity index (χ0n) is 16.0. The Hall–Kier alpha value is -2.24. The Morgan fingerprint density at radius 1 is 1.18 bits per heavy atom. The molecule has 1 fully saturated rings. The van der Waals surface area contributed by atoms with Gasteiger partial charge in [-0.1, -0.05) is 30.2 Å². The molecule has 2 aromatic carbocycles. The maximum Gasteiger partial charge on any atom is 0.240 e. The van der Waals surface area contributed by atoms with Crippen LogP contribution in [0.4, 0.5) is 0 Å². The fourth-order valence-electron chi connectivity index (χ4n) is 4.12. The summed E-state index contributed by atoms with van der Waals surface area (Å²) >= 11 is 6.12. The number of likely N-dealkylation sites (tertiary alicyclic amines) is 1. The van der Waals surface area contributed by atoms with Gasteiger partial charge in [-0.15, -0.1) is 0 Å². The zero-order valence-corrected chi connectivity index (χ0v) is 16.8. The third kappa shape index (κ3) is 3.82. The molecule has 0 bridgehead atoms. The van der Waals surface area contributed by atoms with Gasteiger partial charge in [0.2, 0.25) is 5.91 Å². The molecule has 1 amide bonds. The molecule has 2 heterocycles. The number of phenolic OH excluding ortho intramolecular Hbond substituents is 1. The quantitative estimate of drug-likeness (QED) is 0.830. The van der Waals surface area contributed by atoms with Crippen LogP contribution in [0.15, 0.2) is 36.4 Å². The molecule has 0 aliphatic carbocycles. The largest absolute Gasteiger partial charge is 0.504 e. The van der Waals surface area contributed by atoms with Crippen LogP contribution in [0.3, 0.4) is 0 Å². The third-order valence-electron chi connectivity index (χ3n) is 5.64. The first-order valence-corrected chi connectivity index (χ1v) is 10.1. The summed E-state index contributed by atoms with van der Waals surface area (Å²) in [6, 6.07) is 11.1. The second kappa shape index (κ2) is 8.02. The number of aromatic hydroxyl groups is 1. The first kappa shape index (κ1) is 19.1. The summed E-state index contributed by atoms with van der Waals surface area (Å²) in [7, 11) is 2.02. The lowest BCUT2D eigenvalue weighted by molar-refractivity contribution is -0.138. The van der Waals surface area contributed by atoms with Gasteiger partial charge in [0, 0.05) is 17.1 Å². The van der Waals surface area contributed by atoms with Crippen molar-refractivity contribution in [3.05, 3.63) is 47.0 Å². The van der Waals surface area contributed by atoms with Crippen LogP contribution < -0.4 is 4.74 Å². The first-order valence-electron chi connectivity index (χ1n) is 9.76. The van der Waals surface area contributed by atoms with E-state index in [2.05, 4.69) is 4.90 Å².